The van der Waals surface area contributed by atoms with Gasteiger partial charge in [-0.15, -0.1) is 0 Å². The van der Waals surface area contributed by atoms with E-state index in [0.29, 0.717) is 22.3 Å². The molecule has 0 aliphatic carbocycles. The first-order chi connectivity index (χ1) is 15.1. The zero-order chi connectivity index (χ0) is 21.5. The summed E-state index contributed by atoms with van der Waals surface area (Å²) in [6.45, 7) is 0.226. The summed E-state index contributed by atoms with van der Waals surface area (Å²) < 4.78 is 25.1. The highest BCUT2D eigenvalue weighted by Gasteiger charge is 2.42. The van der Waals surface area contributed by atoms with Gasteiger partial charge in [0.05, 0.1) is 24.1 Å². The van der Waals surface area contributed by atoms with E-state index in [0.717, 1.165) is 5.56 Å². The molecule has 154 valence electrons. The molecule has 0 radical (unpaired) electrons. The van der Waals surface area contributed by atoms with Gasteiger partial charge in [0.2, 0.25) is 5.76 Å². The van der Waals surface area contributed by atoms with Gasteiger partial charge < -0.3 is 14.1 Å². The van der Waals surface area contributed by atoms with Crippen molar-refractivity contribution < 1.29 is 18.3 Å². The van der Waals surface area contributed by atoms with Crippen LogP contribution in [0.25, 0.3) is 11.0 Å². The Morgan fingerprint density at radius 2 is 1.77 bits per heavy atom. The smallest absolute Gasteiger partial charge is 0.291 e. The molecule has 5 nitrogen and oxygen atoms in total. The van der Waals surface area contributed by atoms with Crippen LogP contribution in [0.5, 0.6) is 5.75 Å². The second-order valence-corrected chi connectivity index (χ2v) is 7.41. The van der Waals surface area contributed by atoms with E-state index in [1.54, 1.807) is 60.5 Å². The summed E-state index contributed by atoms with van der Waals surface area (Å²) in [5, 5.41) is 0.391. The van der Waals surface area contributed by atoms with Gasteiger partial charge in [0, 0.05) is 6.54 Å². The summed E-state index contributed by atoms with van der Waals surface area (Å²) in [5.41, 5.74) is 1.67. The fourth-order valence-electron chi connectivity index (χ4n) is 4.08. The molecule has 2 heterocycles. The lowest BCUT2D eigenvalue weighted by atomic mass is 9.98. The predicted molar refractivity (Wildman–Crippen MR) is 114 cm³/mol. The van der Waals surface area contributed by atoms with Gasteiger partial charge in [0.15, 0.2) is 5.43 Å². The topological polar surface area (TPSA) is 59.8 Å². The third kappa shape index (κ3) is 3.17. The van der Waals surface area contributed by atoms with Crippen LogP contribution in [-0.4, -0.2) is 17.9 Å². The molecule has 1 aliphatic rings. The van der Waals surface area contributed by atoms with Gasteiger partial charge in [-0.25, -0.2) is 4.39 Å². The number of carbonyl (C=O) groups is 1. The Balaban J connectivity index is 1.69. The van der Waals surface area contributed by atoms with Crippen molar-refractivity contribution >= 4 is 16.9 Å². The number of hydrogen-bond acceptors (Lipinski definition) is 4. The number of fused-ring (bicyclic) bond motifs is 2. The molecule has 5 rings (SSSR count). The van der Waals surface area contributed by atoms with E-state index in [1.165, 1.54) is 12.1 Å². The summed E-state index contributed by atoms with van der Waals surface area (Å²) in [6.07, 6.45) is 0. The highest BCUT2D eigenvalue weighted by atomic mass is 19.1. The molecule has 31 heavy (non-hydrogen) atoms. The van der Waals surface area contributed by atoms with Crippen LogP contribution < -0.4 is 10.2 Å². The van der Waals surface area contributed by atoms with Gasteiger partial charge in [0.25, 0.3) is 5.91 Å². The van der Waals surface area contributed by atoms with Crippen molar-refractivity contribution in [3.05, 3.63) is 111 Å². The first-order valence-corrected chi connectivity index (χ1v) is 9.82. The molecule has 0 saturated heterocycles. The van der Waals surface area contributed by atoms with Crippen molar-refractivity contribution in [1.29, 1.82) is 0 Å². The average Bonchev–Trinajstić information content (AvgIpc) is 3.06. The third-order valence-corrected chi connectivity index (χ3v) is 5.55. The quantitative estimate of drug-likeness (QED) is 0.485. The number of hydrogen-bond donors (Lipinski definition) is 0. The fourth-order valence-corrected chi connectivity index (χ4v) is 4.08. The Morgan fingerprint density at radius 1 is 1.00 bits per heavy atom. The van der Waals surface area contributed by atoms with Gasteiger partial charge in [-0.05, 0) is 47.5 Å². The summed E-state index contributed by atoms with van der Waals surface area (Å²) in [4.78, 5) is 28.3. The molecule has 1 aromatic heterocycles. The predicted octanol–water partition coefficient (Wildman–Crippen LogP) is 4.69. The van der Waals surface area contributed by atoms with Crippen molar-refractivity contribution in [3.8, 4) is 5.75 Å². The van der Waals surface area contributed by atoms with Gasteiger partial charge in [-0.3, -0.25) is 9.59 Å². The normalized spacial score (nSPS) is 15.4. The van der Waals surface area contributed by atoms with E-state index in [-0.39, 0.29) is 23.3 Å². The van der Waals surface area contributed by atoms with E-state index in [4.69, 9.17) is 9.15 Å². The monoisotopic (exact) mass is 415 g/mol. The molecular weight excluding hydrogens is 397 g/mol. The van der Waals surface area contributed by atoms with Crippen LogP contribution in [0.4, 0.5) is 4.39 Å². The first-order valence-electron chi connectivity index (χ1n) is 9.82. The zero-order valence-corrected chi connectivity index (χ0v) is 16.7. The molecule has 4 aromatic rings. The molecule has 0 spiro atoms. The second kappa shape index (κ2) is 7.40. The number of benzene rings is 3. The number of amides is 1. The molecule has 0 unspecified atom stereocenters. The maximum atomic E-state index is 14.1. The molecule has 1 atom stereocenters. The number of carbonyl (C=O) groups excluding carboxylic acids is 1. The van der Waals surface area contributed by atoms with Crippen LogP contribution in [0.3, 0.4) is 0 Å². The van der Waals surface area contributed by atoms with Crippen LogP contribution in [0, 0.1) is 5.82 Å². The fraction of sp³-hybridized carbons (Fsp3) is 0.120. The highest BCUT2D eigenvalue weighted by molar-refractivity contribution is 5.99. The second-order valence-electron chi connectivity index (χ2n) is 7.41. The van der Waals surface area contributed by atoms with Crippen LogP contribution in [-0.2, 0) is 6.54 Å². The molecular formula is C25H18FNO4. The number of rotatable bonds is 4. The van der Waals surface area contributed by atoms with E-state index in [2.05, 4.69) is 0 Å². The van der Waals surface area contributed by atoms with Crippen LogP contribution in [0.2, 0.25) is 0 Å². The Bertz CT molecular complexity index is 1360. The molecule has 3 aromatic carbocycles. The number of methoxy groups -OCH3 is 1. The maximum absolute atomic E-state index is 14.1. The molecule has 0 saturated carbocycles. The Morgan fingerprint density at radius 3 is 2.52 bits per heavy atom. The molecule has 0 bridgehead atoms. The summed E-state index contributed by atoms with van der Waals surface area (Å²) >= 11 is 0. The van der Waals surface area contributed by atoms with Gasteiger partial charge >= 0.3 is 0 Å². The molecule has 1 aliphatic heterocycles. The summed E-state index contributed by atoms with van der Waals surface area (Å²) in [6, 6.07) is 19.3. The van der Waals surface area contributed by atoms with Crippen molar-refractivity contribution in [2.24, 2.45) is 0 Å². The van der Waals surface area contributed by atoms with Crippen molar-refractivity contribution in [3.63, 3.8) is 0 Å². The van der Waals surface area contributed by atoms with Crippen LogP contribution in [0.1, 0.15) is 33.3 Å². The Hall–Kier alpha value is -3.93. The number of nitrogens with zero attached hydrogens (tertiary/aromatic N) is 1. The van der Waals surface area contributed by atoms with E-state index >= 15 is 0 Å². The standard InChI is InChI=1S/C25H18FNO4/c1-30-18-11-9-15(10-12-18)14-27-22(16-5-4-6-17(26)13-16)21-23(28)19-7-2-3-8-20(19)31-24(21)25(27)29/h2-13,22H,14H2,1H3/t22-/m1/s1. The minimum Gasteiger partial charge on any atom is -0.497 e. The number of para-hydroxylation sites is 1. The number of ether oxygens (including phenoxy) is 1. The molecule has 6 heteroatoms. The maximum Gasteiger partial charge on any atom is 0.291 e. The van der Waals surface area contributed by atoms with Crippen molar-refractivity contribution in [2.45, 2.75) is 12.6 Å². The van der Waals surface area contributed by atoms with Crippen molar-refractivity contribution in [2.75, 3.05) is 7.11 Å². The minimum atomic E-state index is -0.749. The van der Waals surface area contributed by atoms with E-state index in [1.807, 2.05) is 12.1 Å². The van der Waals surface area contributed by atoms with E-state index in [9.17, 15) is 14.0 Å². The lowest BCUT2D eigenvalue weighted by Crippen LogP contribution is -2.29. The highest BCUT2D eigenvalue weighted by Crippen LogP contribution is 2.39. The molecule has 0 N–H and O–H groups in total. The third-order valence-electron chi connectivity index (χ3n) is 5.55. The van der Waals surface area contributed by atoms with Crippen molar-refractivity contribution in [1.82, 2.24) is 4.90 Å². The van der Waals surface area contributed by atoms with E-state index < -0.39 is 17.8 Å². The summed E-state index contributed by atoms with van der Waals surface area (Å²) in [7, 11) is 1.58. The molecule has 1 amide bonds. The Kier molecular flexibility index (Phi) is 4.55. The number of halogens is 1. The Labute approximate surface area is 177 Å². The van der Waals surface area contributed by atoms with Gasteiger partial charge in [-0.1, -0.05) is 36.4 Å². The van der Waals surface area contributed by atoms with Crippen LogP contribution in [0.15, 0.2) is 82.0 Å². The lowest BCUT2D eigenvalue weighted by Gasteiger charge is -2.25. The lowest BCUT2D eigenvalue weighted by molar-refractivity contribution is 0.0714. The SMILES string of the molecule is COc1ccc(CN2C(=O)c3oc4ccccc4c(=O)c3[C@H]2c2cccc(F)c2)cc1. The van der Waals surface area contributed by atoms with Gasteiger partial charge in [0.1, 0.15) is 17.1 Å². The first kappa shape index (κ1) is 19.1. The summed E-state index contributed by atoms with van der Waals surface area (Å²) in [5.74, 6) is -0.132. The average molecular weight is 415 g/mol. The van der Waals surface area contributed by atoms with Gasteiger partial charge in [-0.2, -0.15) is 0 Å². The minimum absolute atomic E-state index is 0.00599. The molecule has 0 fully saturated rings. The van der Waals surface area contributed by atoms with Crippen LogP contribution >= 0.6 is 0 Å². The zero-order valence-electron chi connectivity index (χ0n) is 16.7. The largest absolute Gasteiger partial charge is 0.497 e.